The standard InChI is InChI=1S/C18H28N4O2/c1-14-6-5-7-16(15(14)2)19-17(23)12-21-8-10-22(11-9-21)13-18(24)20(3)4/h5-7H,8-13H2,1-4H3,(H,19,23). The fraction of sp³-hybridized carbons (Fsp3) is 0.556. The van der Waals surface area contributed by atoms with E-state index in [1.54, 1.807) is 19.0 Å². The van der Waals surface area contributed by atoms with Crippen molar-refractivity contribution in [2.45, 2.75) is 13.8 Å². The molecule has 2 rings (SSSR count). The molecular formula is C18H28N4O2. The van der Waals surface area contributed by atoms with Crippen LogP contribution < -0.4 is 5.32 Å². The lowest BCUT2D eigenvalue weighted by molar-refractivity contribution is -0.130. The average Bonchev–Trinajstić information content (AvgIpc) is 2.53. The number of anilines is 1. The second kappa shape index (κ2) is 8.26. The molecule has 1 saturated heterocycles. The van der Waals surface area contributed by atoms with E-state index in [0.717, 1.165) is 37.4 Å². The van der Waals surface area contributed by atoms with Crippen LogP contribution in [0.2, 0.25) is 0 Å². The summed E-state index contributed by atoms with van der Waals surface area (Å²) < 4.78 is 0. The van der Waals surface area contributed by atoms with Gasteiger partial charge in [0.05, 0.1) is 13.1 Å². The van der Waals surface area contributed by atoms with Gasteiger partial charge in [0.1, 0.15) is 0 Å². The van der Waals surface area contributed by atoms with Crippen LogP contribution in [-0.4, -0.2) is 79.9 Å². The van der Waals surface area contributed by atoms with Crippen LogP contribution in [0, 0.1) is 13.8 Å². The summed E-state index contributed by atoms with van der Waals surface area (Å²) in [5.74, 6) is 0.137. The minimum atomic E-state index is 0.0153. The van der Waals surface area contributed by atoms with Crippen LogP contribution in [0.15, 0.2) is 18.2 Å². The highest BCUT2D eigenvalue weighted by Gasteiger charge is 2.21. The molecule has 1 aliphatic rings. The number of piperazine rings is 1. The molecule has 0 saturated carbocycles. The van der Waals surface area contributed by atoms with E-state index in [-0.39, 0.29) is 11.8 Å². The SMILES string of the molecule is Cc1cccc(NC(=O)CN2CCN(CC(=O)N(C)C)CC2)c1C. The zero-order valence-corrected chi connectivity index (χ0v) is 15.1. The highest BCUT2D eigenvalue weighted by atomic mass is 16.2. The molecule has 0 atom stereocenters. The van der Waals surface area contributed by atoms with Gasteiger partial charge in [-0.2, -0.15) is 0 Å². The Hall–Kier alpha value is -1.92. The largest absolute Gasteiger partial charge is 0.348 e. The lowest BCUT2D eigenvalue weighted by Gasteiger charge is -2.34. The van der Waals surface area contributed by atoms with Gasteiger partial charge in [0.15, 0.2) is 0 Å². The molecule has 1 fully saturated rings. The third kappa shape index (κ3) is 5.04. The van der Waals surface area contributed by atoms with E-state index < -0.39 is 0 Å². The summed E-state index contributed by atoms with van der Waals surface area (Å²) in [6, 6.07) is 5.93. The fourth-order valence-electron chi connectivity index (χ4n) is 2.72. The van der Waals surface area contributed by atoms with Gasteiger partial charge in [-0.25, -0.2) is 0 Å². The van der Waals surface area contributed by atoms with Gasteiger partial charge in [0.2, 0.25) is 11.8 Å². The molecule has 132 valence electrons. The van der Waals surface area contributed by atoms with Crippen LogP contribution in [0.25, 0.3) is 0 Å². The van der Waals surface area contributed by atoms with Gasteiger partial charge in [-0.1, -0.05) is 12.1 Å². The first-order valence-corrected chi connectivity index (χ1v) is 8.37. The van der Waals surface area contributed by atoms with E-state index in [1.165, 1.54) is 5.56 Å². The van der Waals surface area contributed by atoms with Crippen molar-refractivity contribution in [2.24, 2.45) is 0 Å². The van der Waals surface area contributed by atoms with Gasteiger partial charge in [-0.15, -0.1) is 0 Å². The molecule has 1 aromatic rings. The molecule has 1 heterocycles. The monoisotopic (exact) mass is 332 g/mol. The maximum atomic E-state index is 12.3. The van der Waals surface area contributed by atoms with Crippen LogP contribution in [0.5, 0.6) is 0 Å². The van der Waals surface area contributed by atoms with Gasteiger partial charge in [-0.3, -0.25) is 19.4 Å². The van der Waals surface area contributed by atoms with Crippen LogP contribution in [0.1, 0.15) is 11.1 Å². The number of aryl methyl sites for hydroxylation is 1. The van der Waals surface area contributed by atoms with Gasteiger partial charge in [0, 0.05) is 46.0 Å². The highest BCUT2D eigenvalue weighted by Crippen LogP contribution is 2.17. The van der Waals surface area contributed by atoms with Crippen molar-refractivity contribution in [2.75, 3.05) is 58.7 Å². The molecule has 0 aliphatic carbocycles. The minimum absolute atomic E-state index is 0.0153. The maximum absolute atomic E-state index is 12.3. The summed E-state index contributed by atoms with van der Waals surface area (Å²) in [4.78, 5) is 29.9. The average molecular weight is 332 g/mol. The number of nitrogens with zero attached hydrogens (tertiary/aromatic N) is 3. The van der Waals surface area contributed by atoms with Gasteiger partial charge < -0.3 is 10.2 Å². The van der Waals surface area contributed by atoms with E-state index in [9.17, 15) is 9.59 Å². The molecular weight excluding hydrogens is 304 g/mol. The molecule has 24 heavy (non-hydrogen) atoms. The molecule has 2 amide bonds. The van der Waals surface area contributed by atoms with Gasteiger partial charge in [0.25, 0.3) is 0 Å². The first-order chi connectivity index (χ1) is 11.4. The third-order valence-electron chi connectivity index (χ3n) is 4.57. The molecule has 0 aromatic heterocycles. The summed E-state index contributed by atoms with van der Waals surface area (Å²) in [6.45, 7) is 8.15. The second-order valence-corrected chi connectivity index (χ2v) is 6.64. The Morgan fingerprint density at radius 3 is 2.21 bits per heavy atom. The van der Waals surface area contributed by atoms with Gasteiger partial charge >= 0.3 is 0 Å². The van der Waals surface area contributed by atoms with Crippen LogP contribution >= 0.6 is 0 Å². The fourth-order valence-corrected chi connectivity index (χ4v) is 2.72. The Morgan fingerprint density at radius 1 is 1.04 bits per heavy atom. The number of carbonyl (C=O) groups is 2. The normalized spacial score (nSPS) is 16.0. The van der Waals surface area contributed by atoms with E-state index in [1.807, 2.05) is 32.0 Å². The van der Waals surface area contributed by atoms with E-state index in [4.69, 9.17) is 0 Å². The number of likely N-dealkylation sites (N-methyl/N-ethyl adjacent to an activating group) is 1. The Labute approximate surface area is 144 Å². The van der Waals surface area contributed by atoms with E-state index >= 15 is 0 Å². The number of rotatable bonds is 5. The topological polar surface area (TPSA) is 55.9 Å². The molecule has 1 N–H and O–H groups in total. The molecule has 6 nitrogen and oxygen atoms in total. The molecule has 1 aromatic carbocycles. The van der Waals surface area contributed by atoms with Crippen molar-refractivity contribution >= 4 is 17.5 Å². The van der Waals surface area contributed by atoms with Crippen LogP contribution in [0.4, 0.5) is 5.69 Å². The zero-order valence-electron chi connectivity index (χ0n) is 15.1. The summed E-state index contributed by atoms with van der Waals surface area (Å²) in [7, 11) is 3.55. The summed E-state index contributed by atoms with van der Waals surface area (Å²) in [5, 5.41) is 3.00. The lowest BCUT2D eigenvalue weighted by Crippen LogP contribution is -2.50. The van der Waals surface area contributed by atoms with Crippen molar-refractivity contribution < 1.29 is 9.59 Å². The van der Waals surface area contributed by atoms with Crippen molar-refractivity contribution in [1.82, 2.24) is 14.7 Å². The highest BCUT2D eigenvalue weighted by molar-refractivity contribution is 5.93. The van der Waals surface area contributed by atoms with Crippen molar-refractivity contribution in [1.29, 1.82) is 0 Å². The van der Waals surface area contributed by atoms with Crippen molar-refractivity contribution in [3.8, 4) is 0 Å². The summed E-state index contributed by atoms with van der Waals surface area (Å²) >= 11 is 0. The Morgan fingerprint density at radius 2 is 1.62 bits per heavy atom. The molecule has 6 heteroatoms. The van der Waals surface area contributed by atoms with Crippen molar-refractivity contribution in [3.63, 3.8) is 0 Å². The van der Waals surface area contributed by atoms with E-state index in [2.05, 4.69) is 15.1 Å². The van der Waals surface area contributed by atoms with Crippen LogP contribution in [-0.2, 0) is 9.59 Å². The van der Waals surface area contributed by atoms with Gasteiger partial charge in [-0.05, 0) is 31.0 Å². The lowest BCUT2D eigenvalue weighted by atomic mass is 10.1. The summed E-state index contributed by atoms with van der Waals surface area (Å²) in [5.41, 5.74) is 3.17. The summed E-state index contributed by atoms with van der Waals surface area (Å²) in [6.07, 6.45) is 0. The number of hydrogen-bond acceptors (Lipinski definition) is 4. The quantitative estimate of drug-likeness (QED) is 0.872. The molecule has 0 unspecified atom stereocenters. The second-order valence-electron chi connectivity index (χ2n) is 6.64. The predicted molar refractivity (Wildman–Crippen MR) is 96.1 cm³/mol. The zero-order chi connectivity index (χ0) is 17.7. The maximum Gasteiger partial charge on any atom is 0.238 e. The number of hydrogen-bond donors (Lipinski definition) is 1. The number of carbonyl (C=O) groups excluding carboxylic acids is 2. The Bertz CT molecular complexity index is 593. The number of benzene rings is 1. The number of nitrogens with one attached hydrogen (secondary N) is 1. The third-order valence-corrected chi connectivity index (χ3v) is 4.57. The molecule has 0 radical (unpaired) electrons. The first kappa shape index (κ1) is 18.4. The Kier molecular flexibility index (Phi) is 6.34. The minimum Gasteiger partial charge on any atom is -0.348 e. The predicted octanol–water partition coefficient (Wildman–Crippen LogP) is 0.948. The molecule has 1 aliphatic heterocycles. The smallest absolute Gasteiger partial charge is 0.238 e. The number of amides is 2. The Balaban J connectivity index is 1.78. The van der Waals surface area contributed by atoms with Crippen LogP contribution in [0.3, 0.4) is 0 Å². The molecule has 0 spiro atoms. The van der Waals surface area contributed by atoms with Crippen molar-refractivity contribution in [3.05, 3.63) is 29.3 Å². The molecule has 0 bridgehead atoms. The first-order valence-electron chi connectivity index (χ1n) is 8.37. The van der Waals surface area contributed by atoms with E-state index in [0.29, 0.717) is 13.1 Å².